The van der Waals surface area contributed by atoms with Gasteiger partial charge in [0.2, 0.25) is 0 Å². The molecule has 3 nitrogen and oxygen atoms in total. The minimum absolute atomic E-state index is 0.137. The fourth-order valence-corrected chi connectivity index (χ4v) is 1.77. The standard InChI is InChI=1S/C15H20O3/c1-2-17-15(16)9-8-12-4-3-5-14(10-12)18-11-13-6-7-13/h3-5,10,13H,2,6-9,11H2,1H3. The molecular weight excluding hydrogens is 228 g/mol. The highest BCUT2D eigenvalue weighted by Gasteiger charge is 2.21. The molecule has 1 aromatic rings. The quantitative estimate of drug-likeness (QED) is 0.696. The Labute approximate surface area is 108 Å². The number of hydrogen-bond acceptors (Lipinski definition) is 3. The molecule has 98 valence electrons. The van der Waals surface area contributed by atoms with Gasteiger partial charge in [0.05, 0.1) is 13.2 Å². The molecule has 0 amide bonds. The number of ether oxygens (including phenoxy) is 2. The van der Waals surface area contributed by atoms with E-state index in [9.17, 15) is 4.79 Å². The number of carbonyl (C=O) groups is 1. The van der Waals surface area contributed by atoms with Gasteiger partial charge in [0, 0.05) is 6.42 Å². The monoisotopic (exact) mass is 248 g/mol. The van der Waals surface area contributed by atoms with Gasteiger partial charge >= 0.3 is 5.97 Å². The van der Waals surface area contributed by atoms with Gasteiger partial charge in [-0.05, 0) is 49.8 Å². The topological polar surface area (TPSA) is 35.5 Å². The molecule has 0 radical (unpaired) electrons. The van der Waals surface area contributed by atoms with Crippen molar-refractivity contribution in [3.63, 3.8) is 0 Å². The van der Waals surface area contributed by atoms with Gasteiger partial charge in [-0.1, -0.05) is 12.1 Å². The first kappa shape index (κ1) is 12.9. The van der Waals surface area contributed by atoms with Crippen LogP contribution in [0.1, 0.15) is 31.7 Å². The maximum atomic E-state index is 11.3. The molecule has 0 aromatic heterocycles. The van der Waals surface area contributed by atoms with Crippen LogP contribution in [0.5, 0.6) is 5.75 Å². The first-order valence-electron chi connectivity index (χ1n) is 6.65. The number of rotatable bonds is 7. The summed E-state index contributed by atoms with van der Waals surface area (Å²) in [6, 6.07) is 7.98. The van der Waals surface area contributed by atoms with Crippen LogP contribution < -0.4 is 4.74 Å². The summed E-state index contributed by atoms with van der Waals surface area (Å²) >= 11 is 0. The average Bonchev–Trinajstić information content (AvgIpc) is 3.19. The summed E-state index contributed by atoms with van der Waals surface area (Å²) < 4.78 is 10.6. The second kappa shape index (κ2) is 6.43. The van der Waals surface area contributed by atoms with Crippen LogP contribution in [0.2, 0.25) is 0 Å². The van der Waals surface area contributed by atoms with Crippen molar-refractivity contribution >= 4 is 5.97 Å². The van der Waals surface area contributed by atoms with Crippen LogP contribution in [-0.4, -0.2) is 19.2 Å². The van der Waals surface area contributed by atoms with E-state index in [1.54, 1.807) is 0 Å². The summed E-state index contributed by atoms with van der Waals surface area (Å²) in [7, 11) is 0. The van der Waals surface area contributed by atoms with Crippen molar-refractivity contribution < 1.29 is 14.3 Å². The summed E-state index contributed by atoms with van der Waals surface area (Å²) in [5.41, 5.74) is 1.12. The van der Waals surface area contributed by atoms with Gasteiger partial charge in [0.1, 0.15) is 5.75 Å². The Morgan fingerprint density at radius 2 is 2.22 bits per heavy atom. The van der Waals surface area contributed by atoms with Crippen LogP contribution in [0.25, 0.3) is 0 Å². The first-order chi connectivity index (χ1) is 8.78. The molecule has 1 fully saturated rings. The number of carbonyl (C=O) groups excluding carboxylic acids is 1. The molecule has 3 heteroatoms. The predicted octanol–water partition coefficient (Wildman–Crippen LogP) is 2.97. The van der Waals surface area contributed by atoms with E-state index in [2.05, 4.69) is 0 Å². The summed E-state index contributed by atoms with van der Waals surface area (Å²) in [6.45, 7) is 3.09. The third-order valence-electron chi connectivity index (χ3n) is 3.00. The minimum atomic E-state index is -0.137. The average molecular weight is 248 g/mol. The van der Waals surface area contributed by atoms with Gasteiger partial charge < -0.3 is 9.47 Å². The number of aryl methyl sites for hydroxylation is 1. The maximum Gasteiger partial charge on any atom is 0.306 e. The van der Waals surface area contributed by atoms with E-state index >= 15 is 0 Å². The highest BCUT2D eigenvalue weighted by Crippen LogP contribution is 2.29. The molecule has 0 heterocycles. The summed E-state index contributed by atoms with van der Waals surface area (Å²) in [6.07, 6.45) is 3.73. The van der Waals surface area contributed by atoms with Crippen LogP contribution in [0, 0.1) is 5.92 Å². The predicted molar refractivity (Wildman–Crippen MR) is 69.6 cm³/mol. The Bertz CT molecular complexity index is 396. The molecule has 0 bridgehead atoms. The van der Waals surface area contributed by atoms with E-state index in [-0.39, 0.29) is 5.97 Å². The number of benzene rings is 1. The third kappa shape index (κ3) is 4.40. The molecule has 1 aliphatic carbocycles. The fraction of sp³-hybridized carbons (Fsp3) is 0.533. The lowest BCUT2D eigenvalue weighted by molar-refractivity contribution is -0.143. The molecule has 0 atom stereocenters. The Hall–Kier alpha value is -1.51. The van der Waals surface area contributed by atoms with Crippen LogP contribution in [-0.2, 0) is 16.0 Å². The zero-order valence-electron chi connectivity index (χ0n) is 10.9. The normalized spacial score (nSPS) is 14.3. The molecule has 0 unspecified atom stereocenters. The van der Waals surface area contributed by atoms with Crippen molar-refractivity contribution in [3.05, 3.63) is 29.8 Å². The minimum Gasteiger partial charge on any atom is -0.493 e. The summed E-state index contributed by atoms with van der Waals surface area (Å²) in [5, 5.41) is 0. The highest BCUT2D eigenvalue weighted by molar-refractivity contribution is 5.69. The van der Waals surface area contributed by atoms with Gasteiger partial charge in [-0.25, -0.2) is 0 Å². The summed E-state index contributed by atoms with van der Waals surface area (Å²) in [5.74, 6) is 1.53. The van der Waals surface area contributed by atoms with E-state index in [0.29, 0.717) is 19.4 Å². The molecule has 0 spiro atoms. The van der Waals surface area contributed by atoms with Crippen molar-refractivity contribution in [1.82, 2.24) is 0 Å². The van der Waals surface area contributed by atoms with Crippen LogP contribution in [0.3, 0.4) is 0 Å². The Balaban J connectivity index is 1.80. The molecule has 1 aromatic carbocycles. The molecule has 18 heavy (non-hydrogen) atoms. The second-order valence-corrected chi connectivity index (χ2v) is 4.71. The van der Waals surface area contributed by atoms with Crippen LogP contribution >= 0.6 is 0 Å². The lowest BCUT2D eigenvalue weighted by Gasteiger charge is -2.07. The lowest BCUT2D eigenvalue weighted by Crippen LogP contribution is -2.05. The molecular formula is C15H20O3. The van der Waals surface area contributed by atoms with Crippen LogP contribution in [0.4, 0.5) is 0 Å². The zero-order valence-corrected chi connectivity index (χ0v) is 10.9. The Morgan fingerprint density at radius 3 is 2.94 bits per heavy atom. The van der Waals surface area contributed by atoms with E-state index in [1.807, 2.05) is 31.2 Å². The lowest BCUT2D eigenvalue weighted by atomic mass is 10.1. The van der Waals surface area contributed by atoms with E-state index in [1.165, 1.54) is 12.8 Å². The first-order valence-corrected chi connectivity index (χ1v) is 6.65. The maximum absolute atomic E-state index is 11.3. The van der Waals surface area contributed by atoms with Gasteiger partial charge in [-0.2, -0.15) is 0 Å². The highest BCUT2D eigenvalue weighted by atomic mass is 16.5. The number of hydrogen-bond donors (Lipinski definition) is 0. The molecule has 0 aliphatic heterocycles. The molecule has 0 saturated heterocycles. The van der Waals surface area contributed by atoms with Crippen molar-refractivity contribution in [2.45, 2.75) is 32.6 Å². The third-order valence-corrected chi connectivity index (χ3v) is 3.00. The van der Waals surface area contributed by atoms with E-state index in [0.717, 1.165) is 23.8 Å². The number of esters is 1. The van der Waals surface area contributed by atoms with E-state index < -0.39 is 0 Å². The zero-order chi connectivity index (χ0) is 12.8. The Morgan fingerprint density at radius 1 is 1.39 bits per heavy atom. The second-order valence-electron chi connectivity index (χ2n) is 4.71. The van der Waals surface area contributed by atoms with Gasteiger partial charge in [0.15, 0.2) is 0 Å². The van der Waals surface area contributed by atoms with Gasteiger partial charge in [0.25, 0.3) is 0 Å². The van der Waals surface area contributed by atoms with Gasteiger partial charge in [-0.3, -0.25) is 4.79 Å². The smallest absolute Gasteiger partial charge is 0.306 e. The molecule has 0 N–H and O–H groups in total. The largest absolute Gasteiger partial charge is 0.493 e. The molecule has 1 saturated carbocycles. The van der Waals surface area contributed by atoms with Crippen LogP contribution in [0.15, 0.2) is 24.3 Å². The SMILES string of the molecule is CCOC(=O)CCc1cccc(OCC2CC2)c1. The van der Waals surface area contributed by atoms with E-state index in [4.69, 9.17) is 9.47 Å². The molecule has 2 rings (SSSR count). The fourth-order valence-electron chi connectivity index (χ4n) is 1.77. The van der Waals surface area contributed by atoms with Gasteiger partial charge in [-0.15, -0.1) is 0 Å². The van der Waals surface area contributed by atoms with Crippen molar-refractivity contribution in [2.75, 3.05) is 13.2 Å². The van der Waals surface area contributed by atoms with Crippen molar-refractivity contribution in [3.8, 4) is 5.75 Å². The van der Waals surface area contributed by atoms with Crippen molar-refractivity contribution in [1.29, 1.82) is 0 Å². The summed E-state index contributed by atoms with van der Waals surface area (Å²) in [4.78, 5) is 11.3. The van der Waals surface area contributed by atoms with Crippen molar-refractivity contribution in [2.24, 2.45) is 5.92 Å². The molecule has 1 aliphatic rings. The Kier molecular flexibility index (Phi) is 4.62.